The zero-order valence-corrected chi connectivity index (χ0v) is 10.0. The molecule has 0 saturated carbocycles. The van der Waals surface area contributed by atoms with Gasteiger partial charge in [0.1, 0.15) is 6.07 Å². The largest absolute Gasteiger partial charge is 0.192 e. The molecule has 0 radical (unpaired) electrons. The van der Waals surface area contributed by atoms with Crippen LogP contribution in [0, 0.1) is 11.3 Å². The van der Waals surface area contributed by atoms with Gasteiger partial charge in [-0.1, -0.05) is 60.3 Å². The average molecular weight is 237 g/mol. The summed E-state index contributed by atoms with van der Waals surface area (Å²) in [5, 5.41) is 11.0. The number of nitrogens with zero attached hydrogens (tertiary/aromatic N) is 1. The van der Waals surface area contributed by atoms with Gasteiger partial charge >= 0.3 is 0 Å². The summed E-state index contributed by atoms with van der Waals surface area (Å²) in [5.74, 6) is 0. The lowest BCUT2D eigenvalue weighted by Gasteiger charge is -1.99. The molecular weight excluding hydrogens is 226 g/mol. The van der Waals surface area contributed by atoms with Crippen molar-refractivity contribution < 1.29 is 0 Å². The number of hydrogen-bond donors (Lipinski definition) is 0. The fraction of sp³-hybridized carbons (Fsp3) is 0. The molecule has 0 heterocycles. The van der Waals surface area contributed by atoms with Crippen molar-refractivity contribution >= 4 is 17.3 Å². The van der Waals surface area contributed by atoms with Crippen LogP contribution in [0.4, 0.5) is 0 Å². The topological polar surface area (TPSA) is 23.8 Å². The molecule has 0 atom stereocenters. The number of hydrogen-bond acceptors (Lipinski definition) is 2. The summed E-state index contributed by atoms with van der Waals surface area (Å²) >= 11 is 1.56. The number of nitriles is 1. The van der Waals surface area contributed by atoms with Gasteiger partial charge in [-0.2, -0.15) is 5.26 Å². The van der Waals surface area contributed by atoms with Crippen molar-refractivity contribution in [1.82, 2.24) is 0 Å². The molecule has 0 amide bonds. The molecular formula is C15H11NS. The van der Waals surface area contributed by atoms with Gasteiger partial charge in [0.05, 0.1) is 5.57 Å². The highest BCUT2D eigenvalue weighted by atomic mass is 32.2. The van der Waals surface area contributed by atoms with Gasteiger partial charge in [0, 0.05) is 4.90 Å². The molecule has 17 heavy (non-hydrogen) atoms. The summed E-state index contributed by atoms with van der Waals surface area (Å²) in [6.07, 6.45) is 0. The lowest BCUT2D eigenvalue weighted by atomic mass is 10.1. The highest BCUT2D eigenvalue weighted by Gasteiger charge is 1.99. The Bertz CT molecular complexity index is 538. The normalized spacial score (nSPS) is 10.9. The molecule has 0 bridgehead atoms. The molecule has 0 aliphatic carbocycles. The van der Waals surface area contributed by atoms with Crippen LogP contribution < -0.4 is 0 Å². The molecule has 0 unspecified atom stereocenters. The Balaban J connectivity index is 2.18. The molecule has 0 N–H and O–H groups in total. The third-order valence-corrected chi connectivity index (χ3v) is 3.16. The third kappa shape index (κ3) is 3.24. The standard InChI is InChI=1S/C15H11NS/c16-11-14(13-7-3-1-4-8-13)12-17-15-9-5-2-6-10-15/h1-10,12H. The molecule has 0 saturated heterocycles. The second kappa shape index (κ2) is 5.93. The molecule has 0 spiro atoms. The summed E-state index contributed by atoms with van der Waals surface area (Å²) in [4.78, 5) is 1.14. The molecule has 0 fully saturated rings. The predicted molar refractivity (Wildman–Crippen MR) is 72.3 cm³/mol. The van der Waals surface area contributed by atoms with E-state index in [1.807, 2.05) is 66.1 Å². The monoisotopic (exact) mass is 237 g/mol. The van der Waals surface area contributed by atoms with Crippen LogP contribution in [0.1, 0.15) is 5.56 Å². The van der Waals surface area contributed by atoms with Crippen LogP contribution in [0.15, 0.2) is 71.0 Å². The lowest BCUT2D eigenvalue weighted by Crippen LogP contribution is -1.78. The quantitative estimate of drug-likeness (QED) is 0.585. The van der Waals surface area contributed by atoms with E-state index in [0.717, 1.165) is 10.5 Å². The smallest absolute Gasteiger partial charge is 0.100 e. The molecule has 2 aromatic carbocycles. The Morgan fingerprint density at radius 1 is 0.941 bits per heavy atom. The van der Waals surface area contributed by atoms with Gasteiger partial charge in [-0.05, 0) is 23.1 Å². The summed E-state index contributed by atoms with van der Waals surface area (Å²) < 4.78 is 0. The van der Waals surface area contributed by atoms with Gasteiger partial charge in [0.15, 0.2) is 0 Å². The van der Waals surface area contributed by atoms with Crippen LogP contribution >= 0.6 is 11.8 Å². The maximum Gasteiger partial charge on any atom is 0.100 e. The van der Waals surface area contributed by atoms with Gasteiger partial charge in [-0.25, -0.2) is 0 Å². The Morgan fingerprint density at radius 2 is 1.53 bits per heavy atom. The first-order valence-electron chi connectivity index (χ1n) is 5.27. The van der Waals surface area contributed by atoms with Crippen LogP contribution in [0.3, 0.4) is 0 Å². The molecule has 0 aromatic heterocycles. The van der Waals surface area contributed by atoms with E-state index in [9.17, 15) is 0 Å². The summed E-state index contributed by atoms with van der Waals surface area (Å²) in [5.41, 5.74) is 1.65. The maximum atomic E-state index is 9.13. The van der Waals surface area contributed by atoms with Gasteiger partial charge in [-0.3, -0.25) is 0 Å². The molecule has 0 aliphatic rings. The predicted octanol–water partition coefficient (Wildman–Crippen LogP) is 4.34. The van der Waals surface area contributed by atoms with Crippen molar-refractivity contribution in [2.24, 2.45) is 0 Å². The van der Waals surface area contributed by atoms with E-state index in [0.29, 0.717) is 5.57 Å². The minimum Gasteiger partial charge on any atom is -0.192 e. The molecule has 2 heteroatoms. The van der Waals surface area contributed by atoms with E-state index < -0.39 is 0 Å². The van der Waals surface area contributed by atoms with E-state index in [1.165, 1.54) is 0 Å². The van der Waals surface area contributed by atoms with Crippen molar-refractivity contribution in [3.05, 3.63) is 71.6 Å². The van der Waals surface area contributed by atoms with E-state index in [4.69, 9.17) is 5.26 Å². The summed E-state index contributed by atoms with van der Waals surface area (Å²) in [7, 11) is 0. The van der Waals surface area contributed by atoms with Crippen LogP contribution in [0.2, 0.25) is 0 Å². The van der Waals surface area contributed by atoms with Gasteiger partial charge in [-0.15, -0.1) is 0 Å². The molecule has 0 aliphatic heterocycles. The van der Waals surface area contributed by atoms with E-state index >= 15 is 0 Å². The fourth-order valence-electron chi connectivity index (χ4n) is 1.40. The lowest BCUT2D eigenvalue weighted by molar-refractivity contribution is 1.47. The van der Waals surface area contributed by atoms with Crippen LogP contribution in [-0.4, -0.2) is 0 Å². The number of benzene rings is 2. The van der Waals surface area contributed by atoms with Crippen LogP contribution in [-0.2, 0) is 0 Å². The van der Waals surface area contributed by atoms with Crippen LogP contribution in [0.5, 0.6) is 0 Å². The molecule has 2 rings (SSSR count). The first-order valence-corrected chi connectivity index (χ1v) is 6.15. The van der Waals surface area contributed by atoms with E-state index in [-0.39, 0.29) is 0 Å². The molecule has 82 valence electrons. The maximum absolute atomic E-state index is 9.13. The first-order chi connectivity index (χ1) is 8.40. The molecule has 2 aromatic rings. The second-order valence-electron chi connectivity index (χ2n) is 3.44. The Labute approximate surface area is 105 Å². The van der Waals surface area contributed by atoms with Crippen molar-refractivity contribution in [2.75, 3.05) is 0 Å². The number of rotatable bonds is 3. The van der Waals surface area contributed by atoms with Gasteiger partial charge in [0.2, 0.25) is 0 Å². The Kier molecular flexibility index (Phi) is 4.01. The zero-order chi connectivity index (χ0) is 11.9. The minimum absolute atomic E-state index is 0.694. The average Bonchev–Trinajstić information content (AvgIpc) is 2.42. The van der Waals surface area contributed by atoms with Crippen LogP contribution in [0.25, 0.3) is 5.57 Å². The van der Waals surface area contributed by atoms with Crippen molar-refractivity contribution in [2.45, 2.75) is 4.90 Å². The fourth-order valence-corrected chi connectivity index (χ4v) is 2.16. The van der Waals surface area contributed by atoms with Crippen molar-refractivity contribution in [3.63, 3.8) is 0 Å². The number of thioether (sulfide) groups is 1. The minimum atomic E-state index is 0.694. The SMILES string of the molecule is N#CC(=CSc1ccccc1)c1ccccc1. The highest BCUT2D eigenvalue weighted by molar-refractivity contribution is 8.02. The van der Waals surface area contributed by atoms with Crippen molar-refractivity contribution in [1.29, 1.82) is 5.26 Å². The van der Waals surface area contributed by atoms with Gasteiger partial charge in [0.25, 0.3) is 0 Å². The Morgan fingerprint density at radius 3 is 2.12 bits per heavy atom. The van der Waals surface area contributed by atoms with Crippen molar-refractivity contribution in [3.8, 4) is 6.07 Å². The first kappa shape index (κ1) is 11.5. The summed E-state index contributed by atoms with van der Waals surface area (Å²) in [6.45, 7) is 0. The number of allylic oxidation sites excluding steroid dienone is 1. The zero-order valence-electron chi connectivity index (χ0n) is 9.21. The Hall–Kier alpha value is -1.98. The van der Waals surface area contributed by atoms with Gasteiger partial charge < -0.3 is 0 Å². The second-order valence-corrected chi connectivity index (χ2v) is 4.38. The molecule has 1 nitrogen and oxygen atoms in total. The highest BCUT2D eigenvalue weighted by Crippen LogP contribution is 2.23. The van der Waals surface area contributed by atoms with E-state index in [2.05, 4.69) is 6.07 Å². The summed E-state index contributed by atoms with van der Waals surface area (Å²) in [6, 6.07) is 22.0. The third-order valence-electron chi connectivity index (χ3n) is 2.26. The van der Waals surface area contributed by atoms with E-state index in [1.54, 1.807) is 11.8 Å².